The predicted molar refractivity (Wildman–Crippen MR) is 58.6 cm³/mol. The highest BCUT2D eigenvalue weighted by atomic mass is 19.1. The molecule has 0 spiro atoms. The van der Waals surface area contributed by atoms with E-state index in [9.17, 15) is 8.78 Å². The highest BCUT2D eigenvalue weighted by molar-refractivity contribution is 5.55. The van der Waals surface area contributed by atoms with Crippen LogP contribution in [0.5, 0.6) is 0 Å². The maximum atomic E-state index is 13.6. The summed E-state index contributed by atoms with van der Waals surface area (Å²) in [5, 5.41) is 10.1. The van der Waals surface area contributed by atoms with Crippen molar-refractivity contribution in [2.24, 2.45) is 0 Å². The van der Waals surface area contributed by atoms with Gasteiger partial charge < -0.3 is 9.73 Å². The first-order valence-corrected chi connectivity index (χ1v) is 5.15. The molecule has 2 aromatic rings. The van der Waals surface area contributed by atoms with Gasteiger partial charge in [-0.1, -0.05) is 5.10 Å². The molecule has 0 saturated heterocycles. The fourth-order valence-corrected chi connectivity index (χ4v) is 1.36. The molecule has 0 fully saturated rings. The van der Waals surface area contributed by atoms with Crippen LogP contribution in [-0.4, -0.2) is 16.7 Å². The Morgan fingerprint density at radius 2 is 2.00 bits per heavy atom. The second kappa shape index (κ2) is 4.48. The van der Waals surface area contributed by atoms with Gasteiger partial charge in [0.15, 0.2) is 0 Å². The fraction of sp³-hybridized carbons (Fsp3) is 0.273. The summed E-state index contributed by atoms with van der Waals surface area (Å²) in [6.07, 6.45) is 0. The number of aryl methyl sites for hydroxylation is 1. The molecule has 1 heterocycles. The van der Waals surface area contributed by atoms with Crippen LogP contribution in [0.25, 0.3) is 11.5 Å². The summed E-state index contributed by atoms with van der Waals surface area (Å²) in [7, 11) is 0. The van der Waals surface area contributed by atoms with E-state index in [1.807, 2.05) is 6.92 Å². The third-order valence-electron chi connectivity index (χ3n) is 2.23. The monoisotopic (exact) mass is 239 g/mol. The Balaban J connectivity index is 2.41. The van der Waals surface area contributed by atoms with Crippen LogP contribution in [0.3, 0.4) is 0 Å². The zero-order chi connectivity index (χ0) is 12.4. The minimum Gasteiger partial charge on any atom is -0.403 e. The highest BCUT2D eigenvalue weighted by Gasteiger charge is 2.15. The normalized spacial score (nSPS) is 10.6. The van der Waals surface area contributed by atoms with Gasteiger partial charge in [0, 0.05) is 6.54 Å². The predicted octanol–water partition coefficient (Wildman–Crippen LogP) is 2.76. The average Bonchev–Trinajstić information content (AvgIpc) is 2.72. The quantitative estimate of drug-likeness (QED) is 0.894. The third kappa shape index (κ3) is 2.25. The lowest BCUT2D eigenvalue weighted by atomic mass is 10.1. The van der Waals surface area contributed by atoms with Gasteiger partial charge in [-0.2, -0.15) is 0 Å². The molecule has 4 nitrogen and oxygen atoms in total. The van der Waals surface area contributed by atoms with Crippen LogP contribution in [0.1, 0.15) is 12.5 Å². The first kappa shape index (κ1) is 11.5. The summed E-state index contributed by atoms with van der Waals surface area (Å²) in [4.78, 5) is 0. The lowest BCUT2D eigenvalue weighted by molar-refractivity contribution is 0.561. The van der Waals surface area contributed by atoms with E-state index in [1.54, 1.807) is 0 Å². The highest BCUT2D eigenvalue weighted by Crippen LogP contribution is 2.25. The second-order valence-corrected chi connectivity index (χ2v) is 3.52. The number of hydrogen-bond donors (Lipinski definition) is 1. The Bertz CT molecular complexity index is 540. The lowest BCUT2D eigenvalue weighted by Crippen LogP contribution is -1.95. The van der Waals surface area contributed by atoms with E-state index in [2.05, 4.69) is 15.5 Å². The molecule has 0 aliphatic heterocycles. The zero-order valence-electron chi connectivity index (χ0n) is 9.42. The standard InChI is InChI=1S/C11H11F2N3O/c1-3-14-11-16-15-10(17-11)7-5-8(12)6(2)4-9(7)13/h4-5H,3H2,1-2H3,(H,14,16). The van der Waals surface area contributed by atoms with Crippen LogP contribution in [-0.2, 0) is 0 Å². The van der Waals surface area contributed by atoms with Gasteiger partial charge in [-0.25, -0.2) is 8.78 Å². The largest absolute Gasteiger partial charge is 0.403 e. The molecule has 1 aromatic carbocycles. The first-order chi connectivity index (χ1) is 8.11. The van der Waals surface area contributed by atoms with Crippen LogP contribution < -0.4 is 5.32 Å². The molecule has 17 heavy (non-hydrogen) atoms. The van der Waals surface area contributed by atoms with Crippen molar-refractivity contribution in [1.29, 1.82) is 0 Å². The maximum Gasteiger partial charge on any atom is 0.315 e. The van der Waals surface area contributed by atoms with Crippen molar-refractivity contribution in [2.75, 3.05) is 11.9 Å². The molecule has 90 valence electrons. The molecule has 0 amide bonds. The van der Waals surface area contributed by atoms with Crippen molar-refractivity contribution in [3.63, 3.8) is 0 Å². The fourth-order valence-electron chi connectivity index (χ4n) is 1.36. The van der Waals surface area contributed by atoms with Gasteiger partial charge in [-0.15, -0.1) is 5.10 Å². The number of aromatic nitrogens is 2. The van der Waals surface area contributed by atoms with E-state index in [-0.39, 0.29) is 23.0 Å². The third-order valence-corrected chi connectivity index (χ3v) is 2.23. The minimum atomic E-state index is -0.587. The Morgan fingerprint density at radius 1 is 1.24 bits per heavy atom. The van der Waals surface area contributed by atoms with Crippen LogP contribution in [0.4, 0.5) is 14.8 Å². The number of anilines is 1. The van der Waals surface area contributed by atoms with E-state index in [1.165, 1.54) is 6.92 Å². The average molecular weight is 239 g/mol. The van der Waals surface area contributed by atoms with Crippen molar-refractivity contribution in [2.45, 2.75) is 13.8 Å². The SMILES string of the molecule is CCNc1nnc(-c2cc(F)c(C)cc2F)o1. The zero-order valence-corrected chi connectivity index (χ0v) is 9.42. The van der Waals surface area contributed by atoms with Gasteiger partial charge in [0.05, 0.1) is 5.56 Å². The minimum absolute atomic E-state index is 0.0373. The molecule has 0 saturated carbocycles. The van der Waals surface area contributed by atoms with Crippen molar-refractivity contribution < 1.29 is 13.2 Å². The molecule has 0 aliphatic carbocycles. The molecule has 0 unspecified atom stereocenters. The van der Waals surface area contributed by atoms with E-state index >= 15 is 0 Å². The van der Waals surface area contributed by atoms with E-state index in [0.29, 0.717) is 6.54 Å². The summed E-state index contributed by atoms with van der Waals surface area (Å²) in [5.41, 5.74) is 0.197. The van der Waals surface area contributed by atoms with Gasteiger partial charge in [0.25, 0.3) is 5.89 Å². The summed E-state index contributed by atoms with van der Waals surface area (Å²) in [6.45, 7) is 3.95. The smallest absolute Gasteiger partial charge is 0.315 e. The first-order valence-electron chi connectivity index (χ1n) is 5.15. The summed E-state index contributed by atoms with van der Waals surface area (Å²) < 4.78 is 32.1. The van der Waals surface area contributed by atoms with Crippen molar-refractivity contribution >= 4 is 6.01 Å². The second-order valence-electron chi connectivity index (χ2n) is 3.52. The molecule has 1 aromatic heterocycles. The number of hydrogen-bond acceptors (Lipinski definition) is 4. The lowest BCUT2D eigenvalue weighted by Gasteiger charge is -2.01. The molecule has 0 atom stereocenters. The maximum absolute atomic E-state index is 13.6. The summed E-state index contributed by atoms with van der Waals surface area (Å²) in [6, 6.07) is 2.33. The number of nitrogens with zero attached hydrogens (tertiary/aromatic N) is 2. The van der Waals surface area contributed by atoms with Crippen LogP contribution >= 0.6 is 0 Å². The molecular formula is C11H11F2N3O. The molecule has 0 aliphatic rings. The summed E-state index contributed by atoms with van der Waals surface area (Å²) in [5.74, 6) is -1.14. The van der Waals surface area contributed by atoms with Crippen LogP contribution in [0.15, 0.2) is 16.5 Å². The molecule has 0 bridgehead atoms. The molecular weight excluding hydrogens is 228 g/mol. The topological polar surface area (TPSA) is 51.0 Å². The van der Waals surface area contributed by atoms with Gasteiger partial charge in [0.2, 0.25) is 0 Å². The van der Waals surface area contributed by atoms with Crippen molar-refractivity contribution in [3.8, 4) is 11.5 Å². The Morgan fingerprint density at radius 3 is 2.71 bits per heavy atom. The number of halogens is 2. The van der Waals surface area contributed by atoms with Gasteiger partial charge in [0.1, 0.15) is 11.6 Å². The van der Waals surface area contributed by atoms with E-state index in [0.717, 1.165) is 12.1 Å². The van der Waals surface area contributed by atoms with Crippen molar-refractivity contribution in [3.05, 3.63) is 29.3 Å². The van der Waals surface area contributed by atoms with Crippen LogP contribution in [0.2, 0.25) is 0 Å². The Hall–Kier alpha value is -1.98. The van der Waals surface area contributed by atoms with E-state index < -0.39 is 11.6 Å². The van der Waals surface area contributed by atoms with E-state index in [4.69, 9.17) is 4.42 Å². The number of nitrogens with one attached hydrogen (secondary N) is 1. The van der Waals surface area contributed by atoms with Crippen molar-refractivity contribution in [1.82, 2.24) is 10.2 Å². The Labute approximate surface area is 96.7 Å². The summed E-state index contributed by atoms with van der Waals surface area (Å²) >= 11 is 0. The molecule has 2 rings (SSSR count). The Kier molecular flexibility index (Phi) is 3.03. The number of rotatable bonds is 3. The molecule has 6 heteroatoms. The molecule has 0 radical (unpaired) electrons. The van der Waals surface area contributed by atoms with Crippen LogP contribution in [0, 0.1) is 18.6 Å². The van der Waals surface area contributed by atoms with Gasteiger partial charge >= 0.3 is 6.01 Å². The number of benzene rings is 1. The van der Waals surface area contributed by atoms with Gasteiger partial charge in [-0.05, 0) is 31.5 Å². The van der Waals surface area contributed by atoms with Gasteiger partial charge in [-0.3, -0.25) is 0 Å². The molecule has 1 N–H and O–H groups in total.